The fourth-order valence-corrected chi connectivity index (χ4v) is 3.05. The number of aryl methyl sites for hydroxylation is 1. The first kappa shape index (κ1) is 13.0. The first-order valence-corrected chi connectivity index (χ1v) is 7.62. The zero-order chi connectivity index (χ0) is 15.1. The third-order valence-electron chi connectivity index (χ3n) is 3.24. The molecule has 110 valence electrons. The standard InChI is InChI=1S/C15H13N5OS/c1-9-17-11-7-10(3-4-12(11)22-9)21-15-6-5-14-18-13(16-2)8-20(14)19-15/h3-8,16H,1-2H3. The normalized spacial score (nSPS) is 11.2. The number of nitrogens with zero attached hydrogens (tertiary/aromatic N) is 4. The lowest BCUT2D eigenvalue weighted by molar-refractivity contribution is 0.453. The zero-order valence-corrected chi connectivity index (χ0v) is 12.9. The predicted octanol–water partition coefficient (Wildman–Crippen LogP) is 3.48. The van der Waals surface area contributed by atoms with Crippen LogP contribution in [-0.2, 0) is 0 Å². The summed E-state index contributed by atoms with van der Waals surface area (Å²) in [6, 6.07) is 9.55. The highest BCUT2D eigenvalue weighted by Crippen LogP contribution is 2.28. The van der Waals surface area contributed by atoms with Gasteiger partial charge in [-0.1, -0.05) is 0 Å². The number of rotatable bonds is 3. The molecule has 0 aliphatic carbocycles. The van der Waals surface area contributed by atoms with Gasteiger partial charge in [0.1, 0.15) is 11.6 Å². The highest BCUT2D eigenvalue weighted by Gasteiger charge is 2.06. The molecule has 0 spiro atoms. The van der Waals surface area contributed by atoms with Crippen LogP contribution in [0.2, 0.25) is 0 Å². The van der Waals surface area contributed by atoms with E-state index >= 15 is 0 Å². The van der Waals surface area contributed by atoms with Gasteiger partial charge in [-0.05, 0) is 25.1 Å². The van der Waals surface area contributed by atoms with Crippen LogP contribution >= 0.6 is 11.3 Å². The molecule has 4 rings (SSSR count). The molecular formula is C15H13N5OS. The van der Waals surface area contributed by atoms with Crippen LogP contribution in [0.3, 0.4) is 0 Å². The largest absolute Gasteiger partial charge is 0.438 e. The third kappa shape index (κ3) is 2.25. The summed E-state index contributed by atoms with van der Waals surface area (Å²) in [5.41, 5.74) is 1.71. The third-order valence-corrected chi connectivity index (χ3v) is 4.19. The van der Waals surface area contributed by atoms with Crippen LogP contribution in [0.1, 0.15) is 5.01 Å². The second-order valence-electron chi connectivity index (χ2n) is 4.81. The molecule has 0 fully saturated rings. The zero-order valence-electron chi connectivity index (χ0n) is 12.1. The lowest BCUT2D eigenvalue weighted by atomic mass is 10.3. The molecule has 4 aromatic rings. The molecule has 22 heavy (non-hydrogen) atoms. The molecule has 0 aliphatic rings. The molecule has 3 heterocycles. The Bertz CT molecular complexity index is 975. The Morgan fingerprint density at radius 3 is 2.95 bits per heavy atom. The minimum atomic E-state index is 0.513. The second-order valence-corrected chi connectivity index (χ2v) is 6.05. The van der Waals surface area contributed by atoms with Gasteiger partial charge in [-0.2, -0.15) is 0 Å². The van der Waals surface area contributed by atoms with Crippen molar-refractivity contribution in [2.45, 2.75) is 6.92 Å². The van der Waals surface area contributed by atoms with Crippen LogP contribution in [0, 0.1) is 6.92 Å². The Morgan fingerprint density at radius 2 is 2.09 bits per heavy atom. The number of hydrogen-bond acceptors (Lipinski definition) is 6. The summed E-state index contributed by atoms with van der Waals surface area (Å²) in [6.45, 7) is 2.00. The van der Waals surface area contributed by atoms with Crippen molar-refractivity contribution < 1.29 is 4.74 Å². The maximum absolute atomic E-state index is 5.83. The minimum absolute atomic E-state index is 0.513. The van der Waals surface area contributed by atoms with Crippen LogP contribution < -0.4 is 10.1 Å². The van der Waals surface area contributed by atoms with E-state index in [4.69, 9.17) is 4.74 Å². The number of imidazole rings is 1. The van der Waals surface area contributed by atoms with E-state index in [1.165, 1.54) is 0 Å². The molecule has 3 aromatic heterocycles. The molecule has 0 saturated heterocycles. The highest BCUT2D eigenvalue weighted by atomic mass is 32.1. The van der Waals surface area contributed by atoms with E-state index in [0.29, 0.717) is 5.88 Å². The van der Waals surface area contributed by atoms with Gasteiger partial charge in [-0.25, -0.2) is 14.5 Å². The van der Waals surface area contributed by atoms with E-state index < -0.39 is 0 Å². The van der Waals surface area contributed by atoms with E-state index in [1.807, 2.05) is 44.4 Å². The molecule has 0 saturated carbocycles. The number of aromatic nitrogens is 4. The first-order chi connectivity index (χ1) is 10.7. The number of hydrogen-bond donors (Lipinski definition) is 1. The Morgan fingerprint density at radius 1 is 1.18 bits per heavy atom. The topological polar surface area (TPSA) is 64.3 Å². The Labute approximate surface area is 130 Å². The quantitative estimate of drug-likeness (QED) is 0.627. The molecule has 0 atom stereocenters. The number of fused-ring (bicyclic) bond motifs is 2. The maximum Gasteiger partial charge on any atom is 0.237 e. The molecule has 0 unspecified atom stereocenters. The lowest BCUT2D eigenvalue weighted by Crippen LogP contribution is -1.94. The highest BCUT2D eigenvalue weighted by molar-refractivity contribution is 7.18. The SMILES string of the molecule is CNc1cn2nc(Oc3ccc4sc(C)nc4c3)ccc2n1. The molecule has 6 nitrogen and oxygen atoms in total. The van der Waals surface area contributed by atoms with Gasteiger partial charge in [0, 0.05) is 19.2 Å². The van der Waals surface area contributed by atoms with E-state index in [2.05, 4.69) is 20.4 Å². The summed E-state index contributed by atoms with van der Waals surface area (Å²) in [7, 11) is 1.82. The molecule has 0 radical (unpaired) electrons. The van der Waals surface area contributed by atoms with E-state index in [0.717, 1.165) is 32.4 Å². The molecule has 0 amide bonds. The van der Waals surface area contributed by atoms with Crippen molar-refractivity contribution in [3.05, 3.63) is 41.5 Å². The monoisotopic (exact) mass is 311 g/mol. The van der Waals surface area contributed by atoms with Crippen molar-refractivity contribution in [3.8, 4) is 11.6 Å². The summed E-state index contributed by atoms with van der Waals surface area (Å²) in [4.78, 5) is 8.82. The van der Waals surface area contributed by atoms with Crippen molar-refractivity contribution in [2.24, 2.45) is 0 Å². The molecule has 1 N–H and O–H groups in total. The summed E-state index contributed by atoms with van der Waals surface area (Å²) in [5, 5.41) is 8.43. The van der Waals surface area contributed by atoms with Gasteiger partial charge in [0.15, 0.2) is 5.65 Å². The molecule has 0 aliphatic heterocycles. The van der Waals surface area contributed by atoms with Gasteiger partial charge in [0.2, 0.25) is 5.88 Å². The molecule has 0 bridgehead atoms. The van der Waals surface area contributed by atoms with E-state index in [1.54, 1.807) is 21.9 Å². The fourth-order valence-electron chi connectivity index (χ4n) is 2.25. The summed E-state index contributed by atoms with van der Waals surface area (Å²) in [5.74, 6) is 2.00. The van der Waals surface area contributed by atoms with Crippen molar-refractivity contribution in [2.75, 3.05) is 12.4 Å². The number of thiazole rings is 1. The minimum Gasteiger partial charge on any atom is -0.438 e. The average molecular weight is 311 g/mol. The van der Waals surface area contributed by atoms with E-state index in [-0.39, 0.29) is 0 Å². The van der Waals surface area contributed by atoms with Crippen molar-refractivity contribution in [1.29, 1.82) is 0 Å². The predicted molar refractivity (Wildman–Crippen MR) is 87.0 cm³/mol. The van der Waals surface area contributed by atoms with Gasteiger partial charge < -0.3 is 10.1 Å². The Balaban J connectivity index is 1.68. The number of benzene rings is 1. The van der Waals surface area contributed by atoms with Gasteiger partial charge in [-0.3, -0.25) is 0 Å². The molecule has 7 heteroatoms. The maximum atomic E-state index is 5.83. The van der Waals surface area contributed by atoms with Gasteiger partial charge >= 0.3 is 0 Å². The van der Waals surface area contributed by atoms with Crippen LogP contribution in [0.15, 0.2) is 36.5 Å². The number of anilines is 1. The fraction of sp³-hybridized carbons (Fsp3) is 0.133. The van der Waals surface area contributed by atoms with Gasteiger partial charge in [0.05, 0.1) is 21.4 Å². The summed E-state index contributed by atoms with van der Waals surface area (Å²) >= 11 is 1.67. The summed E-state index contributed by atoms with van der Waals surface area (Å²) in [6.07, 6.45) is 1.81. The van der Waals surface area contributed by atoms with Gasteiger partial charge in [0.25, 0.3) is 0 Å². The summed E-state index contributed by atoms with van der Waals surface area (Å²) < 4.78 is 8.67. The Hall–Kier alpha value is -2.67. The average Bonchev–Trinajstić information content (AvgIpc) is 3.08. The van der Waals surface area contributed by atoms with Crippen LogP contribution in [-0.4, -0.2) is 26.6 Å². The molecule has 1 aromatic carbocycles. The number of ether oxygens (including phenoxy) is 1. The van der Waals surface area contributed by atoms with E-state index in [9.17, 15) is 0 Å². The van der Waals surface area contributed by atoms with Crippen molar-refractivity contribution in [3.63, 3.8) is 0 Å². The molecular weight excluding hydrogens is 298 g/mol. The smallest absolute Gasteiger partial charge is 0.237 e. The lowest BCUT2D eigenvalue weighted by Gasteiger charge is -2.04. The van der Waals surface area contributed by atoms with Crippen LogP contribution in [0.4, 0.5) is 5.82 Å². The first-order valence-electron chi connectivity index (χ1n) is 6.80. The van der Waals surface area contributed by atoms with Gasteiger partial charge in [-0.15, -0.1) is 16.4 Å². The van der Waals surface area contributed by atoms with Crippen LogP contribution in [0.5, 0.6) is 11.6 Å². The second kappa shape index (κ2) is 4.96. The van der Waals surface area contributed by atoms with Crippen molar-refractivity contribution >= 4 is 33.0 Å². The number of nitrogens with one attached hydrogen (secondary N) is 1. The Kier molecular flexibility index (Phi) is 2.93. The van der Waals surface area contributed by atoms with Crippen molar-refractivity contribution in [1.82, 2.24) is 19.6 Å². The van der Waals surface area contributed by atoms with Crippen LogP contribution in [0.25, 0.3) is 15.9 Å².